The minimum Gasteiger partial charge on any atom is -0.493 e. The number of nitrogens with zero attached hydrogens (tertiary/aromatic N) is 2. The molecule has 0 spiro atoms. The van der Waals surface area contributed by atoms with Gasteiger partial charge in [-0.3, -0.25) is 24.4 Å². The predicted octanol–water partition coefficient (Wildman–Crippen LogP) is 13.5. The number of pyridine rings is 2. The van der Waals surface area contributed by atoms with Crippen molar-refractivity contribution in [2.75, 3.05) is 13.2 Å². The zero-order valence-electron chi connectivity index (χ0n) is 36.1. The van der Waals surface area contributed by atoms with E-state index in [-0.39, 0.29) is 29.7 Å². The number of ketones is 1. The average molecular weight is 1010 g/mol. The van der Waals surface area contributed by atoms with Crippen molar-refractivity contribution >= 4 is 107 Å². The van der Waals surface area contributed by atoms with Gasteiger partial charge < -0.3 is 25.2 Å². The highest BCUT2D eigenvalue weighted by Gasteiger charge is 2.33. The Morgan fingerprint density at radius 3 is 1.55 bits per heavy atom. The second kappa shape index (κ2) is 19.2. The van der Waals surface area contributed by atoms with E-state index in [0.29, 0.717) is 72.4 Å². The van der Waals surface area contributed by atoms with Crippen LogP contribution in [-0.4, -0.2) is 45.9 Å². The fourth-order valence-electron chi connectivity index (χ4n) is 8.56. The number of halogens is 4. The van der Waals surface area contributed by atoms with E-state index < -0.39 is 5.60 Å². The maximum atomic E-state index is 13.6. The van der Waals surface area contributed by atoms with Crippen molar-refractivity contribution in [3.05, 3.63) is 162 Å². The minimum absolute atomic E-state index is 0.179. The van der Waals surface area contributed by atoms with Crippen LogP contribution >= 0.6 is 69.1 Å². The highest BCUT2D eigenvalue weighted by Crippen LogP contribution is 2.44. The number of carbonyl (C=O) groups excluding carboxylic acids is 3. The Kier molecular flexibility index (Phi) is 13.3. The molecule has 4 aromatic heterocycles. The normalized spacial score (nSPS) is 15.3. The van der Waals surface area contributed by atoms with E-state index in [1.165, 1.54) is 29.6 Å². The number of aromatic nitrogens is 2. The molecule has 8 aromatic rings. The third-order valence-electron chi connectivity index (χ3n) is 11.4. The van der Waals surface area contributed by atoms with Gasteiger partial charge in [0.1, 0.15) is 16.4 Å². The number of ether oxygens (including phenoxy) is 2. The number of para-hydroxylation sites is 2. The molecule has 2 aliphatic rings. The largest absolute Gasteiger partial charge is 0.493 e. The number of fused-ring (bicyclic) bond motifs is 4. The van der Waals surface area contributed by atoms with Gasteiger partial charge in [-0.1, -0.05) is 82.8 Å². The Morgan fingerprint density at radius 1 is 0.642 bits per heavy atom. The summed E-state index contributed by atoms with van der Waals surface area (Å²) in [5.41, 5.74) is 4.67. The van der Waals surface area contributed by atoms with Gasteiger partial charge in [-0.15, -0.1) is 22.7 Å². The number of rotatable bonds is 8. The molecule has 2 aliphatic heterocycles. The molecule has 10 rings (SSSR count). The van der Waals surface area contributed by atoms with E-state index in [2.05, 4.69) is 20.6 Å². The van der Waals surface area contributed by atoms with E-state index in [1.54, 1.807) is 62.9 Å². The lowest BCUT2D eigenvalue weighted by atomic mass is 9.94. The second-order valence-electron chi connectivity index (χ2n) is 16.6. The van der Waals surface area contributed by atoms with E-state index in [0.717, 1.165) is 59.7 Å². The van der Waals surface area contributed by atoms with Crippen LogP contribution in [0.2, 0.25) is 20.1 Å². The summed E-state index contributed by atoms with van der Waals surface area (Å²) in [7, 11) is 0. The first kappa shape index (κ1) is 46.5. The zero-order chi connectivity index (χ0) is 47.1. The fraction of sp³-hybridized carbons (Fsp3) is 0.196. The molecule has 2 atom stereocenters. The Balaban J connectivity index is 0.000000168. The Hall–Kier alpha value is -5.57. The van der Waals surface area contributed by atoms with Gasteiger partial charge >= 0.3 is 0 Å². The number of Topliss-reactive ketones (excluding diaryl/α,β-unsaturated/α-hetero) is 1. The molecular formula is C51H40Cl4N4O6S2. The maximum Gasteiger partial charge on any atom is 0.262 e. The summed E-state index contributed by atoms with van der Waals surface area (Å²) in [6.45, 7) is 5.86. The van der Waals surface area contributed by atoms with Crippen LogP contribution in [0.5, 0.6) is 11.5 Å². The quantitative estimate of drug-likeness (QED) is 0.128. The summed E-state index contributed by atoms with van der Waals surface area (Å²) in [5, 5.41) is 20.7. The minimum atomic E-state index is -1.26. The molecule has 0 radical (unpaired) electrons. The molecule has 67 heavy (non-hydrogen) atoms. The predicted molar refractivity (Wildman–Crippen MR) is 269 cm³/mol. The average Bonchev–Trinajstić information content (AvgIpc) is 3.90. The first-order valence-electron chi connectivity index (χ1n) is 21.2. The van der Waals surface area contributed by atoms with E-state index in [4.69, 9.17) is 55.9 Å². The number of benzene rings is 4. The molecule has 2 amide bonds. The van der Waals surface area contributed by atoms with Crippen LogP contribution in [0.1, 0.15) is 92.1 Å². The van der Waals surface area contributed by atoms with Crippen molar-refractivity contribution in [1.82, 2.24) is 20.6 Å². The SMILES string of the molecule is CC(=O)c1c(C(=O)N[C@H]2CCOc3ccccc32)sc2c(-c3cc(Cl)cc(Cl)c3)cncc12.CC(C)(O)c1c(C(=O)N[C@H]2CCOc3ccccc32)sc2c(-c3cc(Cl)cc(Cl)c3)cncc12. The zero-order valence-corrected chi connectivity index (χ0v) is 40.7. The molecule has 0 aliphatic carbocycles. The summed E-state index contributed by atoms with van der Waals surface area (Å²) < 4.78 is 13.1. The molecular weight excluding hydrogens is 971 g/mol. The van der Waals surface area contributed by atoms with Crippen molar-refractivity contribution in [2.45, 2.75) is 51.3 Å². The van der Waals surface area contributed by atoms with Crippen LogP contribution in [0, 0.1) is 0 Å². The van der Waals surface area contributed by atoms with Crippen molar-refractivity contribution in [3.63, 3.8) is 0 Å². The molecule has 6 heterocycles. The lowest BCUT2D eigenvalue weighted by Gasteiger charge is -2.27. The van der Waals surface area contributed by atoms with Crippen LogP contribution in [0.4, 0.5) is 0 Å². The maximum absolute atomic E-state index is 13.6. The molecule has 340 valence electrons. The van der Waals surface area contributed by atoms with Crippen LogP contribution in [-0.2, 0) is 5.60 Å². The monoisotopic (exact) mass is 1010 g/mol. The van der Waals surface area contributed by atoms with Gasteiger partial charge in [-0.2, -0.15) is 0 Å². The third kappa shape index (κ3) is 9.62. The van der Waals surface area contributed by atoms with Gasteiger partial charge in [0.25, 0.3) is 11.8 Å². The van der Waals surface area contributed by atoms with Gasteiger partial charge in [0, 0.05) is 106 Å². The number of aliphatic hydroxyl groups is 1. The standard InChI is InChI=1S/C26H22Cl2N2O3S.C25H18Cl2N2O3S/c1-26(2,32)22-19-13-29-12-18(14-9-15(27)11-16(28)10-14)23(19)34-24(22)25(31)30-20-7-8-33-21-6-4-3-5-17(20)21;1-13(30)22-19-12-28-11-18(14-8-15(26)10-16(27)9-14)23(19)33-24(22)25(31)29-20-6-7-32-21-5-3-2-4-17(20)21/h3-6,9-13,20,32H,7-8H2,1-2H3,(H,30,31);2-5,8-12,20H,6-7H2,1H3,(H,29,31)/t2*20-/m00/s1. The number of hydrogen-bond donors (Lipinski definition) is 3. The van der Waals surface area contributed by atoms with Crippen LogP contribution in [0.25, 0.3) is 42.4 Å². The molecule has 16 heteroatoms. The summed E-state index contributed by atoms with van der Waals surface area (Å²) in [6, 6.07) is 25.5. The molecule has 10 nitrogen and oxygen atoms in total. The molecule has 0 fully saturated rings. The van der Waals surface area contributed by atoms with Gasteiger partial charge in [0.05, 0.1) is 41.3 Å². The van der Waals surface area contributed by atoms with Crippen molar-refractivity contribution in [1.29, 1.82) is 0 Å². The summed E-state index contributed by atoms with van der Waals surface area (Å²) in [4.78, 5) is 49.2. The first-order valence-corrected chi connectivity index (χ1v) is 24.3. The number of hydrogen-bond acceptors (Lipinski definition) is 10. The van der Waals surface area contributed by atoms with Gasteiger partial charge in [0.2, 0.25) is 0 Å². The van der Waals surface area contributed by atoms with Gasteiger partial charge in [-0.05, 0) is 80.4 Å². The molecule has 4 aromatic carbocycles. The fourth-order valence-corrected chi connectivity index (χ4v) is 12.2. The molecule has 0 saturated heterocycles. The number of thiophene rings is 2. The van der Waals surface area contributed by atoms with Crippen molar-refractivity contribution in [3.8, 4) is 33.8 Å². The lowest BCUT2D eigenvalue weighted by molar-refractivity contribution is 0.0762. The number of amides is 2. The van der Waals surface area contributed by atoms with Crippen molar-refractivity contribution < 1.29 is 29.0 Å². The molecule has 0 unspecified atom stereocenters. The number of carbonyl (C=O) groups is 3. The Morgan fingerprint density at radius 2 is 1.07 bits per heavy atom. The lowest BCUT2D eigenvalue weighted by Crippen LogP contribution is -2.33. The Bertz CT molecular complexity index is 3220. The summed E-state index contributed by atoms with van der Waals surface area (Å²) in [6.07, 6.45) is 8.05. The van der Waals surface area contributed by atoms with Gasteiger partial charge in [-0.25, -0.2) is 0 Å². The highest BCUT2D eigenvalue weighted by atomic mass is 35.5. The topological polar surface area (TPSA) is 140 Å². The second-order valence-corrected chi connectivity index (χ2v) is 20.4. The first-order chi connectivity index (χ1) is 32.1. The summed E-state index contributed by atoms with van der Waals surface area (Å²) >= 11 is 27.5. The van der Waals surface area contributed by atoms with Crippen LogP contribution in [0.3, 0.4) is 0 Å². The third-order valence-corrected chi connectivity index (χ3v) is 14.8. The van der Waals surface area contributed by atoms with Crippen LogP contribution < -0.4 is 20.1 Å². The summed E-state index contributed by atoms with van der Waals surface area (Å²) in [5.74, 6) is 0.819. The molecule has 3 N–H and O–H groups in total. The molecule has 0 bridgehead atoms. The van der Waals surface area contributed by atoms with Gasteiger partial charge in [0.15, 0.2) is 5.78 Å². The molecule has 0 saturated carbocycles. The number of nitrogens with one attached hydrogen (secondary N) is 2. The van der Waals surface area contributed by atoms with E-state index in [1.807, 2.05) is 60.7 Å². The van der Waals surface area contributed by atoms with Crippen LogP contribution in [0.15, 0.2) is 110 Å². The smallest absolute Gasteiger partial charge is 0.262 e. The Labute approximate surface area is 413 Å². The van der Waals surface area contributed by atoms with Crippen molar-refractivity contribution in [2.24, 2.45) is 0 Å². The highest BCUT2D eigenvalue weighted by molar-refractivity contribution is 7.22. The van der Waals surface area contributed by atoms with E-state index >= 15 is 0 Å². The van der Waals surface area contributed by atoms with E-state index in [9.17, 15) is 19.5 Å².